The summed E-state index contributed by atoms with van der Waals surface area (Å²) in [5.74, 6) is 0.844. The number of aryl methyl sites for hydroxylation is 1. The molecule has 0 aliphatic rings. The molecule has 1 heterocycles. The summed E-state index contributed by atoms with van der Waals surface area (Å²) in [7, 11) is 1.91. The number of hydrogen-bond acceptors (Lipinski definition) is 4. The second-order valence-electron chi connectivity index (χ2n) is 4.16. The molecule has 1 aromatic heterocycles. The van der Waals surface area contributed by atoms with Crippen molar-refractivity contribution in [3.63, 3.8) is 0 Å². The van der Waals surface area contributed by atoms with E-state index in [4.69, 9.17) is 9.84 Å². The van der Waals surface area contributed by atoms with Crippen LogP contribution in [0.2, 0.25) is 0 Å². The maximum Gasteiger partial charge on any atom is 0.128 e. The predicted molar refractivity (Wildman–Crippen MR) is 74.1 cm³/mol. The number of nitrogens with zero attached hydrogens (tertiary/aromatic N) is 2. The van der Waals surface area contributed by atoms with Gasteiger partial charge in [0.25, 0.3) is 0 Å². The summed E-state index contributed by atoms with van der Waals surface area (Å²) in [5.41, 5.74) is 2.06. The van der Waals surface area contributed by atoms with Crippen molar-refractivity contribution in [1.82, 2.24) is 15.1 Å². The van der Waals surface area contributed by atoms with Gasteiger partial charge in [-0.25, -0.2) is 0 Å². The fourth-order valence-electron chi connectivity index (χ4n) is 1.88. The third-order valence-corrected chi connectivity index (χ3v) is 2.81. The van der Waals surface area contributed by atoms with E-state index in [1.807, 2.05) is 42.1 Å². The van der Waals surface area contributed by atoms with E-state index in [2.05, 4.69) is 10.4 Å². The summed E-state index contributed by atoms with van der Waals surface area (Å²) in [5, 5.41) is 15.9. The Kier molecular flexibility index (Phi) is 4.94. The first-order valence-corrected chi connectivity index (χ1v) is 6.34. The Balaban J connectivity index is 2.03. The number of aliphatic hydroxyl groups is 1. The van der Waals surface area contributed by atoms with Crippen LogP contribution in [-0.2, 0) is 7.05 Å². The van der Waals surface area contributed by atoms with Gasteiger partial charge in [-0.1, -0.05) is 12.1 Å². The summed E-state index contributed by atoms with van der Waals surface area (Å²) in [6.07, 6.45) is 1.77. The van der Waals surface area contributed by atoms with Gasteiger partial charge in [-0.15, -0.1) is 0 Å². The molecule has 0 unspecified atom stereocenters. The topological polar surface area (TPSA) is 59.3 Å². The predicted octanol–water partition coefficient (Wildman–Crippen LogP) is 1.05. The van der Waals surface area contributed by atoms with E-state index in [-0.39, 0.29) is 6.61 Å². The van der Waals surface area contributed by atoms with Crippen molar-refractivity contribution in [2.45, 2.75) is 0 Å². The van der Waals surface area contributed by atoms with Crippen LogP contribution in [0.25, 0.3) is 11.3 Å². The summed E-state index contributed by atoms with van der Waals surface area (Å²) in [4.78, 5) is 0. The van der Waals surface area contributed by atoms with Gasteiger partial charge in [0.1, 0.15) is 12.4 Å². The Morgan fingerprint density at radius 1 is 1.26 bits per heavy atom. The maximum absolute atomic E-state index is 8.67. The van der Waals surface area contributed by atoms with Gasteiger partial charge >= 0.3 is 0 Å². The molecule has 0 bridgehead atoms. The van der Waals surface area contributed by atoms with Crippen LogP contribution >= 0.6 is 0 Å². The number of para-hydroxylation sites is 1. The van der Waals surface area contributed by atoms with Crippen LogP contribution in [0.15, 0.2) is 36.5 Å². The quantitative estimate of drug-likeness (QED) is 0.731. The Labute approximate surface area is 112 Å². The van der Waals surface area contributed by atoms with Gasteiger partial charge < -0.3 is 15.2 Å². The van der Waals surface area contributed by atoms with Crippen LogP contribution in [-0.4, -0.2) is 41.2 Å². The molecule has 0 atom stereocenters. The van der Waals surface area contributed by atoms with Crippen molar-refractivity contribution in [1.29, 1.82) is 0 Å². The highest BCUT2D eigenvalue weighted by molar-refractivity contribution is 5.67. The molecule has 0 fully saturated rings. The van der Waals surface area contributed by atoms with E-state index < -0.39 is 0 Å². The molecule has 0 aliphatic carbocycles. The van der Waals surface area contributed by atoms with Gasteiger partial charge in [-0.05, 0) is 18.2 Å². The molecule has 0 amide bonds. The van der Waals surface area contributed by atoms with E-state index >= 15 is 0 Å². The molecule has 5 nitrogen and oxygen atoms in total. The minimum Gasteiger partial charge on any atom is -0.492 e. The zero-order valence-corrected chi connectivity index (χ0v) is 11.0. The number of aromatic nitrogens is 2. The molecule has 2 N–H and O–H groups in total. The molecule has 0 aliphatic heterocycles. The molecule has 0 radical (unpaired) electrons. The molecule has 2 rings (SSSR count). The Hall–Kier alpha value is -1.85. The molecule has 5 heteroatoms. The lowest BCUT2D eigenvalue weighted by Gasteiger charge is -2.11. The highest BCUT2D eigenvalue weighted by Gasteiger charge is 2.08. The molecular formula is C14H19N3O2. The minimum absolute atomic E-state index is 0.144. The zero-order chi connectivity index (χ0) is 13.5. The number of nitrogens with one attached hydrogen (secondary N) is 1. The van der Waals surface area contributed by atoms with E-state index in [1.165, 1.54) is 0 Å². The van der Waals surface area contributed by atoms with Crippen molar-refractivity contribution >= 4 is 0 Å². The molecular weight excluding hydrogens is 242 g/mol. The minimum atomic E-state index is 0.144. The van der Waals surface area contributed by atoms with Crippen molar-refractivity contribution in [3.8, 4) is 17.0 Å². The van der Waals surface area contributed by atoms with Gasteiger partial charge in [-0.2, -0.15) is 5.10 Å². The van der Waals surface area contributed by atoms with Gasteiger partial charge in [0.15, 0.2) is 0 Å². The van der Waals surface area contributed by atoms with Gasteiger partial charge in [-0.3, -0.25) is 4.68 Å². The number of rotatable bonds is 7. The number of benzene rings is 1. The monoisotopic (exact) mass is 261 g/mol. The SMILES string of the molecule is Cn1nccc1-c1ccccc1OCCNCCO. The first kappa shape index (κ1) is 13.6. The second-order valence-corrected chi connectivity index (χ2v) is 4.16. The first-order chi connectivity index (χ1) is 9.33. The van der Waals surface area contributed by atoms with E-state index in [1.54, 1.807) is 6.20 Å². The fraction of sp³-hybridized carbons (Fsp3) is 0.357. The second kappa shape index (κ2) is 6.92. The molecule has 2 aromatic rings. The molecule has 0 saturated carbocycles. The molecule has 102 valence electrons. The zero-order valence-electron chi connectivity index (χ0n) is 11.0. The van der Waals surface area contributed by atoms with Gasteiger partial charge in [0.2, 0.25) is 0 Å². The third-order valence-electron chi connectivity index (χ3n) is 2.81. The number of aliphatic hydroxyl groups excluding tert-OH is 1. The number of hydrogen-bond donors (Lipinski definition) is 2. The molecule has 0 spiro atoms. The largest absolute Gasteiger partial charge is 0.492 e. The first-order valence-electron chi connectivity index (χ1n) is 6.34. The van der Waals surface area contributed by atoms with Crippen molar-refractivity contribution in [2.75, 3.05) is 26.3 Å². The third kappa shape index (κ3) is 3.56. The van der Waals surface area contributed by atoms with Crippen LogP contribution in [0.1, 0.15) is 0 Å². The van der Waals surface area contributed by atoms with E-state index in [9.17, 15) is 0 Å². The van der Waals surface area contributed by atoms with E-state index in [0.29, 0.717) is 19.7 Å². The Morgan fingerprint density at radius 2 is 2.11 bits per heavy atom. The normalized spacial score (nSPS) is 10.6. The standard InChI is InChI=1S/C14H19N3O2/c1-17-13(6-7-16-17)12-4-2-3-5-14(12)19-11-9-15-8-10-18/h2-7,15,18H,8-11H2,1H3. The van der Waals surface area contributed by atoms with Crippen molar-refractivity contribution in [3.05, 3.63) is 36.5 Å². The molecule has 1 aromatic carbocycles. The average molecular weight is 261 g/mol. The fourth-order valence-corrected chi connectivity index (χ4v) is 1.88. The van der Waals surface area contributed by atoms with Crippen LogP contribution in [0.4, 0.5) is 0 Å². The van der Waals surface area contributed by atoms with Crippen LogP contribution in [0, 0.1) is 0 Å². The van der Waals surface area contributed by atoms with Crippen molar-refractivity contribution in [2.24, 2.45) is 7.05 Å². The van der Waals surface area contributed by atoms with Crippen LogP contribution in [0.5, 0.6) is 5.75 Å². The van der Waals surface area contributed by atoms with Crippen LogP contribution in [0.3, 0.4) is 0 Å². The summed E-state index contributed by atoms with van der Waals surface area (Å²) in [6.45, 7) is 2.01. The van der Waals surface area contributed by atoms with Gasteiger partial charge in [0.05, 0.1) is 12.3 Å². The Bertz CT molecular complexity index is 511. The Morgan fingerprint density at radius 3 is 2.84 bits per heavy atom. The van der Waals surface area contributed by atoms with Gasteiger partial charge in [0, 0.05) is 31.9 Å². The maximum atomic E-state index is 8.67. The lowest BCUT2D eigenvalue weighted by Crippen LogP contribution is -2.24. The highest BCUT2D eigenvalue weighted by atomic mass is 16.5. The van der Waals surface area contributed by atoms with Crippen LogP contribution < -0.4 is 10.1 Å². The average Bonchev–Trinajstić information content (AvgIpc) is 2.85. The lowest BCUT2D eigenvalue weighted by atomic mass is 10.1. The molecule has 0 saturated heterocycles. The summed E-state index contributed by atoms with van der Waals surface area (Å²) in [6, 6.07) is 9.88. The summed E-state index contributed by atoms with van der Waals surface area (Å²) >= 11 is 0. The summed E-state index contributed by atoms with van der Waals surface area (Å²) < 4.78 is 7.60. The van der Waals surface area contributed by atoms with Crippen molar-refractivity contribution < 1.29 is 9.84 Å². The molecule has 19 heavy (non-hydrogen) atoms. The smallest absolute Gasteiger partial charge is 0.128 e. The number of ether oxygens (including phenoxy) is 1. The van der Waals surface area contributed by atoms with E-state index in [0.717, 1.165) is 17.0 Å². The highest BCUT2D eigenvalue weighted by Crippen LogP contribution is 2.28. The lowest BCUT2D eigenvalue weighted by molar-refractivity contribution is 0.276.